The minimum absolute atomic E-state index is 0.243. The second-order valence-electron chi connectivity index (χ2n) is 7.67. The van der Waals surface area contributed by atoms with E-state index < -0.39 is 0 Å². The minimum atomic E-state index is 0.243. The summed E-state index contributed by atoms with van der Waals surface area (Å²) in [7, 11) is 0. The Morgan fingerprint density at radius 3 is 2.92 bits per heavy atom. The Kier molecular flexibility index (Phi) is 3.40. The monoisotopic (exact) mass is 324 g/mol. The summed E-state index contributed by atoms with van der Waals surface area (Å²) in [5, 5.41) is 4.78. The molecule has 2 unspecified atom stereocenters. The fraction of sp³-hybridized carbons (Fsp3) is 0.550. The second-order valence-corrected chi connectivity index (χ2v) is 7.67. The Bertz CT molecular complexity index is 794. The summed E-state index contributed by atoms with van der Waals surface area (Å²) < 4.78 is 5.75. The van der Waals surface area contributed by atoms with Gasteiger partial charge in [0.05, 0.1) is 12.7 Å². The second kappa shape index (κ2) is 5.62. The molecule has 4 heteroatoms. The van der Waals surface area contributed by atoms with Crippen LogP contribution in [0.1, 0.15) is 42.4 Å². The van der Waals surface area contributed by atoms with Gasteiger partial charge in [0.2, 0.25) is 5.91 Å². The zero-order valence-electron chi connectivity index (χ0n) is 14.0. The number of nitrogens with zero attached hydrogens (tertiary/aromatic N) is 1. The Morgan fingerprint density at radius 2 is 2.00 bits per heavy atom. The van der Waals surface area contributed by atoms with Crippen molar-refractivity contribution in [2.75, 3.05) is 13.1 Å². The molecule has 1 aromatic carbocycles. The first-order chi connectivity index (χ1) is 11.8. The van der Waals surface area contributed by atoms with E-state index in [2.05, 4.69) is 22.3 Å². The van der Waals surface area contributed by atoms with Gasteiger partial charge in [-0.3, -0.25) is 4.79 Å². The van der Waals surface area contributed by atoms with Crippen LogP contribution in [-0.4, -0.2) is 36.0 Å². The molecule has 0 radical (unpaired) electrons. The molecule has 126 valence electrons. The normalized spacial score (nSPS) is 25.9. The summed E-state index contributed by atoms with van der Waals surface area (Å²) in [5.41, 5.74) is 4.85. The third-order valence-electron chi connectivity index (χ3n) is 6.09. The van der Waals surface area contributed by atoms with Gasteiger partial charge >= 0.3 is 0 Å². The van der Waals surface area contributed by atoms with Crippen molar-refractivity contribution in [1.82, 2.24) is 10.2 Å². The van der Waals surface area contributed by atoms with Gasteiger partial charge < -0.3 is 14.6 Å². The molecule has 2 bridgehead atoms. The Labute approximate surface area is 142 Å². The first kappa shape index (κ1) is 14.5. The number of nitrogens with one attached hydrogen (secondary N) is 1. The van der Waals surface area contributed by atoms with Crippen molar-refractivity contribution in [2.24, 2.45) is 0 Å². The van der Waals surface area contributed by atoms with Gasteiger partial charge in [0.1, 0.15) is 5.58 Å². The number of carbonyl (C=O) groups excluding carboxylic acids is 1. The number of amides is 1. The van der Waals surface area contributed by atoms with Crippen molar-refractivity contribution in [2.45, 2.75) is 57.0 Å². The van der Waals surface area contributed by atoms with Crippen molar-refractivity contribution in [3.63, 3.8) is 0 Å². The van der Waals surface area contributed by atoms with Crippen molar-refractivity contribution < 1.29 is 9.21 Å². The van der Waals surface area contributed by atoms with Crippen molar-refractivity contribution in [3.8, 4) is 0 Å². The Morgan fingerprint density at radius 1 is 1.17 bits per heavy atom. The fourth-order valence-electron chi connectivity index (χ4n) is 4.73. The maximum Gasteiger partial charge on any atom is 0.227 e. The highest BCUT2D eigenvalue weighted by Gasteiger charge is 2.31. The average Bonchev–Trinajstić information content (AvgIpc) is 3.25. The summed E-state index contributed by atoms with van der Waals surface area (Å²) in [6.45, 7) is 1.75. The lowest BCUT2D eigenvalue weighted by Crippen LogP contribution is -2.39. The highest BCUT2D eigenvalue weighted by atomic mass is 16.3. The summed E-state index contributed by atoms with van der Waals surface area (Å²) in [5.74, 6) is 0.243. The van der Waals surface area contributed by atoms with E-state index in [4.69, 9.17) is 4.42 Å². The number of hydrogen-bond donors (Lipinski definition) is 1. The summed E-state index contributed by atoms with van der Waals surface area (Å²) in [6, 6.07) is 5.55. The Balaban J connectivity index is 1.37. The summed E-state index contributed by atoms with van der Waals surface area (Å²) >= 11 is 0. The van der Waals surface area contributed by atoms with Crippen molar-refractivity contribution in [1.29, 1.82) is 0 Å². The van der Waals surface area contributed by atoms with Crippen LogP contribution in [0.5, 0.6) is 0 Å². The van der Waals surface area contributed by atoms with Crippen LogP contribution in [0.3, 0.4) is 0 Å². The molecule has 1 N–H and O–H groups in total. The highest BCUT2D eigenvalue weighted by Crippen LogP contribution is 2.31. The van der Waals surface area contributed by atoms with Crippen LogP contribution in [0, 0.1) is 0 Å². The molecular formula is C20H24N2O2. The molecule has 2 aliphatic heterocycles. The SMILES string of the molecule is O=C(Cc1coc2cc3c(cc12)CCC3)N1CCC2CCC(C1)N2. The number of hydrogen-bond acceptors (Lipinski definition) is 3. The molecule has 2 atom stereocenters. The molecule has 0 spiro atoms. The van der Waals surface area contributed by atoms with E-state index in [1.165, 1.54) is 30.4 Å². The number of rotatable bonds is 2. The number of aryl methyl sites for hydroxylation is 2. The van der Waals surface area contributed by atoms with E-state index in [0.29, 0.717) is 18.5 Å². The van der Waals surface area contributed by atoms with Gasteiger partial charge in [-0.25, -0.2) is 0 Å². The van der Waals surface area contributed by atoms with Crippen LogP contribution in [0.2, 0.25) is 0 Å². The lowest BCUT2D eigenvalue weighted by atomic mass is 10.0. The van der Waals surface area contributed by atoms with E-state index in [9.17, 15) is 4.79 Å². The van der Waals surface area contributed by atoms with Gasteiger partial charge in [0.25, 0.3) is 0 Å². The number of likely N-dealkylation sites (tertiary alicyclic amines) is 1. The van der Waals surface area contributed by atoms with Gasteiger partial charge in [-0.05, 0) is 61.8 Å². The van der Waals surface area contributed by atoms with Crippen molar-refractivity contribution in [3.05, 3.63) is 35.1 Å². The zero-order valence-corrected chi connectivity index (χ0v) is 14.0. The van der Waals surface area contributed by atoms with Crippen LogP contribution in [0.4, 0.5) is 0 Å². The molecule has 2 fully saturated rings. The molecule has 1 amide bonds. The largest absolute Gasteiger partial charge is 0.464 e. The molecule has 4 nitrogen and oxygen atoms in total. The highest BCUT2D eigenvalue weighted by molar-refractivity contribution is 5.88. The maximum absolute atomic E-state index is 12.8. The fourth-order valence-corrected chi connectivity index (χ4v) is 4.73. The first-order valence-electron chi connectivity index (χ1n) is 9.32. The van der Waals surface area contributed by atoms with Crippen LogP contribution in [-0.2, 0) is 24.1 Å². The lowest BCUT2D eigenvalue weighted by molar-refractivity contribution is -0.130. The quantitative estimate of drug-likeness (QED) is 0.924. The predicted octanol–water partition coefficient (Wildman–Crippen LogP) is 2.82. The van der Waals surface area contributed by atoms with Gasteiger partial charge in [-0.1, -0.05) is 0 Å². The predicted molar refractivity (Wildman–Crippen MR) is 93.1 cm³/mol. The van der Waals surface area contributed by atoms with E-state index in [1.807, 2.05) is 0 Å². The van der Waals surface area contributed by atoms with Gasteiger partial charge in [-0.15, -0.1) is 0 Å². The molecule has 3 aliphatic rings. The molecule has 3 heterocycles. The molecular weight excluding hydrogens is 300 g/mol. The molecule has 1 aliphatic carbocycles. The van der Waals surface area contributed by atoms with Gasteiger partial charge in [0.15, 0.2) is 0 Å². The Hall–Kier alpha value is -1.81. The van der Waals surface area contributed by atoms with Crippen LogP contribution in [0.15, 0.2) is 22.8 Å². The smallest absolute Gasteiger partial charge is 0.227 e. The van der Waals surface area contributed by atoms with Crippen LogP contribution < -0.4 is 5.32 Å². The topological polar surface area (TPSA) is 45.5 Å². The van der Waals surface area contributed by atoms with E-state index in [-0.39, 0.29) is 5.91 Å². The number of fused-ring (bicyclic) bond motifs is 4. The number of furan rings is 1. The molecule has 24 heavy (non-hydrogen) atoms. The molecule has 2 saturated heterocycles. The minimum Gasteiger partial charge on any atom is -0.464 e. The molecule has 2 aromatic rings. The first-order valence-corrected chi connectivity index (χ1v) is 9.32. The van der Waals surface area contributed by atoms with E-state index in [0.717, 1.165) is 48.9 Å². The lowest BCUT2D eigenvalue weighted by Gasteiger charge is -2.24. The maximum atomic E-state index is 12.8. The molecule has 5 rings (SSSR count). The zero-order chi connectivity index (χ0) is 16.1. The third kappa shape index (κ3) is 2.44. The summed E-state index contributed by atoms with van der Waals surface area (Å²) in [4.78, 5) is 14.9. The number of carbonyl (C=O) groups is 1. The summed E-state index contributed by atoms with van der Waals surface area (Å²) in [6.07, 6.45) is 9.36. The van der Waals surface area contributed by atoms with Crippen LogP contribution in [0.25, 0.3) is 11.0 Å². The standard InChI is InChI=1S/C20H24N2O2/c23-20(22-7-6-16-4-5-17(11-22)21-16)10-15-12-24-19-9-14-3-1-2-13(14)8-18(15)19/h8-9,12,16-17,21H,1-7,10-11H2. The molecule has 0 saturated carbocycles. The van der Waals surface area contributed by atoms with Gasteiger partial charge in [-0.2, -0.15) is 0 Å². The molecule has 1 aromatic heterocycles. The van der Waals surface area contributed by atoms with E-state index >= 15 is 0 Å². The van der Waals surface area contributed by atoms with Crippen molar-refractivity contribution >= 4 is 16.9 Å². The average molecular weight is 324 g/mol. The third-order valence-corrected chi connectivity index (χ3v) is 6.09. The van der Waals surface area contributed by atoms with Gasteiger partial charge in [0, 0.05) is 36.1 Å². The number of benzene rings is 1. The van der Waals surface area contributed by atoms with E-state index in [1.54, 1.807) is 6.26 Å². The van der Waals surface area contributed by atoms with Crippen LogP contribution >= 0.6 is 0 Å².